The number of aryl methyl sites for hydroxylation is 2. The molecule has 0 spiro atoms. The fourth-order valence-corrected chi connectivity index (χ4v) is 3.44. The van der Waals surface area contributed by atoms with Crippen molar-refractivity contribution >= 4 is 45.0 Å². The van der Waals surface area contributed by atoms with Gasteiger partial charge < -0.3 is 10.2 Å². The second-order valence-corrected chi connectivity index (χ2v) is 7.93. The minimum Gasteiger partial charge on any atom is -0.324 e. The summed E-state index contributed by atoms with van der Waals surface area (Å²) in [5, 5.41) is 2.98. The molecular formula is C18H18ClN5O3S. The number of hydrogen-bond acceptors (Lipinski definition) is 7. The SMILES string of the molecule is Cc1ccc(N(C)c2nc(Cl)nc(Nc3ccc(S(=O)(=O)O)c(C)c3)n2)cc1. The highest BCUT2D eigenvalue weighted by molar-refractivity contribution is 7.85. The zero-order chi connectivity index (χ0) is 20.5. The molecule has 2 aromatic carbocycles. The Morgan fingerprint density at radius 2 is 1.71 bits per heavy atom. The summed E-state index contributed by atoms with van der Waals surface area (Å²) in [6.07, 6.45) is 0. The van der Waals surface area contributed by atoms with Crippen LogP contribution in [0, 0.1) is 13.8 Å². The van der Waals surface area contributed by atoms with Crippen molar-refractivity contribution in [3.63, 3.8) is 0 Å². The Balaban J connectivity index is 1.90. The molecule has 1 heterocycles. The van der Waals surface area contributed by atoms with Crippen molar-refractivity contribution in [2.75, 3.05) is 17.3 Å². The van der Waals surface area contributed by atoms with E-state index in [1.807, 2.05) is 38.2 Å². The molecule has 0 bridgehead atoms. The van der Waals surface area contributed by atoms with Gasteiger partial charge in [-0.1, -0.05) is 17.7 Å². The summed E-state index contributed by atoms with van der Waals surface area (Å²) < 4.78 is 31.9. The average molecular weight is 420 g/mol. The van der Waals surface area contributed by atoms with Crippen molar-refractivity contribution in [3.8, 4) is 0 Å². The Morgan fingerprint density at radius 1 is 1.04 bits per heavy atom. The van der Waals surface area contributed by atoms with Crippen molar-refractivity contribution < 1.29 is 13.0 Å². The maximum Gasteiger partial charge on any atom is 0.294 e. The summed E-state index contributed by atoms with van der Waals surface area (Å²) >= 11 is 6.05. The van der Waals surface area contributed by atoms with E-state index in [2.05, 4.69) is 20.3 Å². The van der Waals surface area contributed by atoms with Gasteiger partial charge in [0.2, 0.25) is 17.2 Å². The second-order valence-electron chi connectivity index (χ2n) is 6.20. The summed E-state index contributed by atoms with van der Waals surface area (Å²) in [4.78, 5) is 14.2. The van der Waals surface area contributed by atoms with E-state index in [1.165, 1.54) is 12.1 Å². The topological polar surface area (TPSA) is 108 Å². The van der Waals surface area contributed by atoms with Crippen LogP contribution in [-0.4, -0.2) is 35.0 Å². The minimum atomic E-state index is -4.28. The highest BCUT2D eigenvalue weighted by Gasteiger charge is 2.15. The van der Waals surface area contributed by atoms with Gasteiger partial charge in [0.25, 0.3) is 10.1 Å². The van der Waals surface area contributed by atoms with Crippen LogP contribution in [0.25, 0.3) is 0 Å². The van der Waals surface area contributed by atoms with E-state index < -0.39 is 10.1 Å². The predicted molar refractivity (Wildman–Crippen MR) is 108 cm³/mol. The smallest absolute Gasteiger partial charge is 0.294 e. The first-order chi connectivity index (χ1) is 13.1. The number of nitrogens with zero attached hydrogens (tertiary/aromatic N) is 4. The van der Waals surface area contributed by atoms with Crippen molar-refractivity contribution in [2.24, 2.45) is 0 Å². The number of aromatic nitrogens is 3. The highest BCUT2D eigenvalue weighted by atomic mass is 35.5. The quantitative estimate of drug-likeness (QED) is 0.599. The molecule has 0 atom stereocenters. The Labute approximate surface area is 168 Å². The molecule has 2 N–H and O–H groups in total. The fourth-order valence-electron chi connectivity index (χ4n) is 2.58. The lowest BCUT2D eigenvalue weighted by Gasteiger charge is -2.18. The fraction of sp³-hybridized carbons (Fsp3) is 0.167. The average Bonchev–Trinajstić information content (AvgIpc) is 2.60. The third-order valence-corrected chi connectivity index (χ3v) is 5.21. The van der Waals surface area contributed by atoms with E-state index in [-0.39, 0.29) is 16.1 Å². The van der Waals surface area contributed by atoms with E-state index in [1.54, 1.807) is 17.9 Å². The zero-order valence-corrected chi connectivity index (χ0v) is 17.0. The second kappa shape index (κ2) is 7.70. The standard InChI is InChI=1S/C18H18ClN5O3S/c1-11-4-7-14(8-5-11)24(3)18-22-16(19)21-17(23-18)20-13-6-9-15(12(2)10-13)28(25,26)27/h4-10H,1-3H3,(H,25,26,27)(H,20,21,22,23). The number of halogens is 1. The van der Waals surface area contributed by atoms with Crippen molar-refractivity contribution in [2.45, 2.75) is 18.7 Å². The van der Waals surface area contributed by atoms with Crippen LogP contribution in [0.15, 0.2) is 47.4 Å². The molecule has 0 unspecified atom stereocenters. The maximum atomic E-state index is 11.3. The lowest BCUT2D eigenvalue weighted by atomic mass is 10.2. The Bertz CT molecular complexity index is 1120. The molecule has 10 heteroatoms. The summed E-state index contributed by atoms with van der Waals surface area (Å²) in [6, 6.07) is 12.2. The van der Waals surface area contributed by atoms with Crippen LogP contribution in [0.2, 0.25) is 5.28 Å². The monoisotopic (exact) mass is 419 g/mol. The number of anilines is 4. The molecule has 0 aliphatic carbocycles. The van der Waals surface area contributed by atoms with Gasteiger partial charge in [0.15, 0.2) is 0 Å². The Hall–Kier alpha value is -2.75. The van der Waals surface area contributed by atoms with E-state index in [0.717, 1.165) is 11.3 Å². The van der Waals surface area contributed by atoms with Crippen LogP contribution >= 0.6 is 11.6 Å². The molecule has 3 rings (SSSR count). The van der Waals surface area contributed by atoms with Crippen LogP contribution in [0.5, 0.6) is 0 Å². The van der Waals surface area contributed by atoms with Gasteiger partial charge >= 0.3 is 0 Å². The third-order valence-electron chi connectivity index (χ3n) is 4.03. The first kappa shape index (κ1) is 20.0. The van der Waals surface area contributed by atoms with E-state index in [0.29, 0.717) is 17.2 Å². The normalized spacial score (nSPS) is 11.3. The molecule has 8 nitrogen and oxygen atoms in total. The van der Waals surface area contributed by atoms with Gasteiger partial charge in [-0.15, -0.1) is 0 Å². The van der Waals surface area contributed by atoms with Gasteiger partial charge in [0.05, 0.1) is 4.90 Å². The van der Waals surface area contributed by atoms with Crippen LogP contribution in [0.4, 0.5) is 23.3 Å². The molecule has 146 valence electrons. The third kappa shape index (κ3) is 4.56. The van der Waals surface area contributed by atoms with Crippen LogP contribution in [0.1, 0.15) is 11.1 Å². The number of hydrogen-bond donors (Lipinski definition) is 2. The molecule has 0 aliphatic rings. The van der Waals surface area contributed by atoms with Gasteiger partial charge in [-0.05, 0) is 61.3 Å². The van der Waals surface area contributed by atoms with E-state index >= 15 is 0 Å². The summed E-state index contributed by atoms with van der Waals surface area (Å²) in [5.41, 5.74) is 2.94. The lowest BCUT2D eigenvalue weighted by Crippen LogP contribution is -2.15. The first-order valence-electron chi connectivity index (χ1n) is 8.20. The zero-order valence-electron chi connectivity index (χ0n) is 15.4. The summed E-state index contributed by atoms with van der Waals surface area (Å²) in [5.74, 6) is 0.547. The molecule has 0 amide bonds. The first-order valence-corrected chi connectivity index (χ1v) is 10.0. The molecule has 0 saturated heterocycles. The van der Waals surface area contributed by atoms with Gasteiger partial charge in [0.1, 0.15) is 0 Å². The number of benzene rings is 2. The van der Waals surface area contributed by atoms with Gasteiger partial charge in [0, 0.05) is 18.4 Å². The van der Waals surface area contributed by atoms with E-state index in [9.17, 15) is 13.0 Å². The molecule has 0 radical (unpaired) electrons. The number of nitrogens with one attached hydrogen (secondary N) is 1. The Kier molecular flexibility index (Phi) is 5.50. The maximum absolute atomic E-state index is 11.3. The molecule has 0 aliphatic heterocycles. The van der Waals surface area contributed by atoms with Crippen molar-refractivity contribution in [3.05, 3.63) is 58.9 Å². The molecular weight excluding hydrogens is 402 g/mol. The largest absolute Gasteiger partial charge is 0.324 e. The van der Waals surface area contributed by atoms with Gasteiger partial charge in [-0.2, -0.15) is 23.4 Å². The van der Waals surface area contributed by atoms with Crippen molar-refractivity contribution in [1.29, 1.82) is 0 Å². The van der Waals surface area contributed by atoms with Crippen LogP contribution in [-0.2, 0) is 10.1 Å². The number of rotatable bonds is 5. The highest BCUT2D eigenvalue weighted by Crippen LogP contribution is 2.25. The Morgan fingerprint density at radius 3 is 2.32 bits per heavy atom. The van der Waals surface area contributed by atoms with Crippen LogP contribution < -0.4 is 10.2 Å². The molecule has 28 heavy (non-hydrogen) atoms. The predicted octanol–water partition coefficient (Wildman–Crippen LogP) is 3.90. The van der Waals surface area contributed by atoms with E-state index in [4.69, 9.17) is 11.6 Å². The lowest BCUT2D eigenvalue weighted by molar-refractivity contribution is 0.482. The molecule has 0 fully saturated rings. The van der Waals surface area contributed by atoms with Gasteiger partial charge in [-0.3, -0.25) is 4.55 Å². The van der Waals surface area contributed by atoms with Crippen molar-refractivity contribution in [1.82, 2.24) is 15.0 Å². The van der Waals surface area contributed by atoms with Crippen LogP contribution in [0.3, 0.4) is 0 Å². The molecule has 3 aromatic rings. The minimum absolute atomic E-state index is 0.0118. The summed E-state index contributed by atoms with van der Waals surface area (Å²) in [7, 11) is -2.47. The summed E-state index contributed by atoms with van der Waals surface area (Å²) in [6.45, 7) is 3.58. The molecule has 1 aromatic heterocycles. The van der Waals surface area contributed by atoms with Gasteiger partial charge in [-0.25, -0.2) is 0 Å². The molecule has 0 saturated carbocycles.